The first kappa shape index (κ1) is 13.4. The molecule has 4 nitrogen and oxygen atoms in total. The maximum absolute atomic E-state index is 5.17. The second kappa shape index (κ2) is 5.32. The molecule has 18 heavy (non-hydrogen) atoms. The summed E-state index contributed by atoms with van der Waals surface area (Å²) in [6.45, 7) is 6.50. The average molecular weight is 282 g/mol. The number of aromatic amines is 1. The lowest BCUT2D eigenvalue weighted by atomic mass is 10.2. The summed E-state index contributed by atoms with van der Waals surface area (Å²) in [6.07, 6.45) is 2.07. The minimum absolute atomic E-state index is 0.451. The molecular weight excluding hydrogens is 264 g/mol. The van der Waals surface area contributed by atoms with Crippen molar-refractivity contribution < 1.29 is 0 Å². The summed E-state index contributed by atoms with van der Waals surface area (Å²) in [5.74, 6) is 1.35. The molecule has 2 aromatic rings. The molecule has 2 rings (SSSR count). The van der Waals surface area contributed by atoms with Gasteiger partial charge in [-0.05, 0) is 18.6 Å². The van der Waals surface area contributed by atoms with Crippen molar-refractivity contribution in [3.8, 4) is 10.7 Å². The summed E-state index contributed by atoms with van der Waals surface area (Å²) in [5.41, 5.74) is 1.14. The number of rotatable bonds is 4. The summed E-state index contributed by atoms with van der Waals surface area (Å²) in [6, 6.07) is 0. The Balaban J connectivity index is 2.54. The van der Waals surface area contributed by atoms with Gasteiger partial charge in [-0.15, -0.1) is 11.3 Å². The first-order chi connectivity index (χ1) is 8.54. The number of nitrogens with zero attached hydrogens (tertiary/aromatic N) is 3. The van der Waals surface area contributed by atoms with Crippen LogP contribution >= 0.6 is 23.6 Å². The van der Waals surface area contributed by atoms with Gasteiger partial charge in [0, 0.05) is 13.0 Å². The molecule has 6 heteroatoms. The summed E-state index contributed by atoms with van der Waals surface area (Å²) >= 11 is 6.90. The van der Waals surface area contributed by atoms with Crippen molar-refractivity contribution in [2.75, 3.05) is 0 Å². The fourth-order valence-electron chi connectivity index (χ4n) is 1.75. The summed E-state index contributed by atoms with van der Waals surface area (Å²) in [5, 5.41) is 8.32. The monoisotopic (exact) mass is 282 g/mol. The lowest BCUT2D eigenvalue weighted by Crippen LogP contribution is -1.95. The Kier molecular flexibility index (Phi) is 3.97. The third-order valence-electron chi connectivity index (χ3n) is 2.78. The van der Waals surface area contributed by atoms with Crippen LogP contribution in [0, 0.1) is 4.77 Å². The molecule has 1 N–H and O–H groups in total. The molecule has 0 amide bonds. The van der Waals surface area contributed by atoms with Crippen LogP contribution in [0.1, 0.15) is 43.8 Å². The summed E-state index contributed by atoms with van der Waals surface area (Å²) in [4.78, 5) is 5.89. The molecule has 0 aliphatic heterocycles. The van der Waals surface area contributed by atoms with Gasteiger partial charge in [-0.3, -0.25) is 5.10 Å². The Morgan fingerprint density at radius 2 is 2.17 bits per heavy atom. The van der Waals surface area contributed by atoms with Crippen molar-refractivity contribution in [2.45, 2.75) is 39.5 Å². The molecule has 98 valence electrons. The van der Waals surface area contributed by atoms with Crippen molar-refractivity contribution >= 4 is 23.6 Å². The molecule has 0 saturated carbocycles. The van der Waals surface area contributed by atoms with Crippen LogP contribution in [-0.4, -0.2) is 19.7 Å². The standard InChI is InChI=1S/C12H18N4S2/c1-5-6-8-9(18-11(13-8)7(2)3)10-14-15-12(17)16(10)4/h7H,5-6H2,1-4H3,(H,15,17). The van der Waals surface area contributed by atoms with Gasteiger partial charge in [0.1, 0.15) is 0 Å². The van der Waals surface area contributed by atoms with Crippen LogP contribution in [0.5, 0.6) is 0 Å². The van der Waals surface area contributed by atoms with E-state index in [9.17, 15) is 0 Å². The van der Waals surface area contributed by atoms with Crippen LogP contribution in [0.3, 0.4) is 0 Å². The maximum Gasteiger partial charge on any atom is 0.195 e. The number of hydrogen-bond donors (Lipinski definition) is 1. The second-order valence-electron chi connectivity index (χ2n) is 4.64. The van der Waals surface area contributed by atoms with Gasteiger partial charge in [0.2, 0.25) is 0 Å². The SMILES string of the molecule is CCCc1nc(C(C)C)sc1-c1n[nH]c(=S)n1C. The van der Waals surface area contributed by atoms with Crippen LogP contribution in [0.15, 0.2) is 0 Å². The zero-order chi connectivity index (χ0) is 13.3. The minimum Gasteiger partial charge on any atom is -0.303 e. The van der Waals surface area contributed by atoms with Gasteiger partial charge in [-0.25, -0.2) is 4.98 Å². The van der Waals surface area contributed by atoms with Gasteiger partial charge in [-0.1, -0.05) is 27.2 Å². The molecule has 0 aliphatic rings. The van der Waals surface area contributed by atoms with Crippen molar-refractivity contribution in [3.63, 3.8) is 0 Å². The van der Waals surface area contributed by atoms with Crippen molar-refractivity contribution in [1.82, 2.24) is 19.7 Å². The molecule has 0 aliphatic carbocycles. The third kappa shape index (κ3) is 2.40. The lowest BCUT2D eigenvalue weighted by molar-refractivity contribution is 0.821. The van der Waals surface area contributed by atoms with E-state index in [1.165, 1.54) is 5.01 Å². The molecule has 0 atom stereocenters. The third-order valence-corrected chi connectivity index (χ3v) is 4.54. The first-order valence-electron chi connectivity index (χ1n) is 6.16. The average Bonchev–Trinajstić information content (AvgIpc) is 2.86. The molecule has 0 bridgehead atoms. The molecule has 0 saturated heterocycles. The van der Waals surface area contributed by atoms with Crippen molar-refractivity contribution in [2.24, 2.45) is 7.05 Å². The summed E-state index contributed by atoms with van der Waals surface area (Å²) in [7, 11) is 1.94. The predicted molar refractivity (Wildman–Crippen MR) is 77.6 cm³/mol. The van der Waals surface area contributed by atoms with Gasteiger partial charge < -0.3 is 4.57 Å². The minimum atomic E-state index is 0.451. The fourth-order valence-corrected chi connectivity index (χ4v) is 3.02. The van der Waals surface area contributed by atoms with Gasteiger partial charge in [0.25, 0.3) is 0 Å². The van der Waals surface area contributed by atoms with Crippen molar-refractivity contribution in [3.05, 3.63) is 15.5 Å². The zero-order valence-electron chi connectivity index (χ0n) is 11.1. The fraction of sp³-hybridized carbons (Fsp3) is 0.583. The number of H-pyrrole nitrogens is 1. The Bertz CT molecular complexity index is 591. The quantitative estimate of drug-likeness (QED) is 0.870. The van der Waals surface area contributed by atoms with E-state index in [4.69, 9.17) is 17.2 Å². The van der Waals surface area contributed by atoms with E-state index < -0.39 is 0 Å². The topological polar surface area (TPSA) is 46.5 Å². The van der Waals surface area contributed by atoms with E-state index in [1.54, 1.807) is 11.3 Å². The Morgan fingerprint density at radius 3 is 2.67 bits per heavy atom. The van der Waals surface area contributed by atoms with Crippen LogP contribution in [0.2, 0.25) is 0 Å². The number of nitrogens with one attached hydrogen (secondary N) is 1. The van der Waals surface area contributed by atoms with Crippen LogP contribution in [-0.2, 0) is 13.5 Å². The largest absolute Gasteiger partial charge is 0.303 e. The van der Waals surface area contributed by atoms with E-state index in [1.807, 2.05) is 11.6 Å². The van der Waals surface area contributed by atoms with E-state index in [0.717, 1.165) is 29.2 Å². The number of thiazole rings is 1. The van der Waals surface area contributed by atoms with E-state index >= 15 is 0 Å². The number of aryl methyl sites for hydroxylation is 1. The van der Waals surface area contributed by atoms with Crippen LogP contribution in [0.4, 0.5) is 0 Å². The highest BCUT2D eigenvalue weighted by molar-refractivity contribution is 7.71. The highest BCUT2D eigenvalue weighted by atomic mass is 32.1. The number of hydrogen-bond acceptors (Lipinski definition) is 4. The van der Waals surface area contributed by atoms with Crippen LogP contribution in [0.25, 0.3) is 10.7 Å². The van der Waals surface area contributed by atoms with Crippen LogP contribution < -0.4 is 0 Å². The molecular formula is C12H18N4S2. The van der Waals surface area contributed by atoms with E-state index in [0.29, 0.717) is 10.7 Å². The van der Waals surface area contributed by atoms with Gasteiger partial charge in [-0.2, -0.15) is 5.10 Å². The molecule has 0 aromatic carbocycles. The maximum atomic E-state index is 5.17. The molecule has 0 radical (unpaired) electrons. The Labute approximate surface area is 116 Å². The lowest BCUT2D eigenvalue weighted by Gasteiger charge is -1.99. The molecule has 0 fully saturated rings. The van der Waals surface area contributed by atoms with Gasteiger partial charge in [0.05, 0.1) is 15.6 Å². The zero-order valence-corrected chi connectivity index (χ0v) is 12.8. The molecule has 0 unspecified atom stereocenters. The molecule has 0 spiro atoms. The Morgan fingerprint density at radius 1 is 1.44 bits per heavy atom. The predicted octanol–water partition coefficient (Wildman–Crippen LogP) is 3.68. The molecule has 2 heterocycles. The van der Waals surface area contributed by atoms with Crippen molar-refractivity contribution in [1.29, 1.82) is 0 Å². The first-order valence-corrected chi connectivity index (χ1v) is 7.38. The van der Waals surface area contributed by atoms with E-state index in [-0.39, 0.29) is 0 Å². The molecule has 2 aromatic heterocycles. The highest BCUT2D eigenvalue weighted by Crippen LogP contribution is 2.32. The van der Waals surface area contributed by atoms with Gasteiger partial charge in [0.15, 0.2) is 10.6 Å². The van der Waals surface area contributed by atoms with E-state index in [2.05, 4.69) is 31.0 Å². The Hall–Kier alpha value is -1.01. The smallest absolute Gasteiger partial charge is 0.195 e. The summed E-state index contributed by atoms with van der Waals surface area (Å²) < 4.78 is 2.55. The normalized spacial score (nSPS) is 11.4. The number of aromatic nitrogens is 4. The second-order valence-corrected chi connectivity index (χ2v) is 6.06. The van der Waals surface area contributed by atoms with Gasteiger partial charge >= 0.3 is 0 Å². The highest BCUT2D eigenvalue weighted by Gasteiger charge is 2.18.